The van der Waals surface area contributed by atoms with E-state index < -0.39 is 11.4 Å². The van der Waals surface area contributed by atoms with Crippen molar-refractivity contribution in [3.05, 3.63) is 72.3 Å². The molecule has 0 bridgehead atoms. The van der Waals surface area contributed by atoms with Gasteiger partial charge >= 0.3 is 5.97 Å². The van der Waals surface area contributed by atoms with Gasteiger partial charge in [0.05, 0.1) is 7.11 Å². The standard InChI is InChI=1S/C21H20O3/c1-15-7-6-14-21(15,20(23)24-2)19(22)18-12-10-17(11-13-18)16-8-4-3-5-9-16/h3-5,8-13H,1,6-7,14H2,2H3. The number of hydrogen-bond donors (Lipinski definition) is 0. The predicted octanol–water partition coefficient (Wildman–Crippen LogP) is 4.44. The van der Waals surface area contributed by atoms with Gasteiger partial charge in [0, 0.05) is 5.56 Å². The van der Waals surface area contributed by atoms with Crippen LogP contribution in [-0.2, 0) is 9.53 Å². The normalized spacial score (nSPS) is 20.0. The highest BCUT2D eigenvalue weighted by Gasteiger charge is 2.51. The quantitative estimate of drug-likeness (QED) is 0.362. The van der Waals surface area contributed by atoms with Crippen LogP contribution in [0.15, 0.2) is 66.7 Å². The summed E-state index contributed by atoms with van der Waals surface area (Å²) in [5.74, 6) is -0.710. The van der Waals surface area contributed by atoms with E-state index in [1.165, 1.54) is 7.11 Å². The second-order valence-corrected chi connectivity index (χ2v) is 6.13. The van der Waals surface area contributed by atoms with Gasteiger partial charge in [0.1, 0.15) is 0 Å². The van der Waals surface area contributed by atoms with Crippen LogP contribution >= 0.6 is 0 Å². The molecular formula is C21H20O3. The van der Waals surface area contributed by atoms with Crippen molar-refractivity contribution in [2.75, 3.05) is 7.11 Å². The van der Waals surface area contributed by atoms with E-state index in [1.807, 2.05) is 42.5 Å². The van der Waals surface area contributed by atoms with Gasteiger partial charge in [-0.05, 0) is 30.4 Å². The summed E-state index contributed by atoms with van der Waals surface area (Å²) in [4.78, 5) is 25.4. The summed E-state index contributed by atoms with van der Waals surface area (Å²) >= 11 is 0. The van der Waals surface area contributed by atoms with E-state index in [-0.39, 0.29) is 5.78 Å². The number of esters is 1. The Hall–Kier alpha value is -2.68. The molecule has 3 heteroatoms. The summed E-state index contributed by atoms with van der Waals surface area (Å²) in [6, 6.07) is 17.3. The van der Waals surface area contributed by atoms with E-state index in [0.29, 0.717) is 24.0 Å². The molecule has 3 nitrogen and oxygen atoms in total. The summed E-state index contributed by atoms with van der Waals surface area (Å²) in [7, 11) is 1.32. The Kier molecular flexibility index (Phi) is 4.34. The van der Waals surface area contributed by atoms with Crippen molar-refractivity contribution in [2.45, 2.75) is 19.3 Å². The van der Waals surface area contributed by atoms with Crippen LogP contribution in [-0.4, -0.2) is 18.9 Å². The first-order valence-electron chi connectivity index (χ1n) is 8.06. The fraction of sp³-hybridized carbons (Fsp3) is 0.238. The Morgan fingerprint density at radius 1 is 1.00 bits per heavy atom. The summed E-state index contributed by atoms with van der Waals surface area (Å²) in [5, 5.41) is 0. The van der Waals surface area contributed by atoms with Crippen molar-refractivity contribution in [3.8, 4) is 11.1 Å². The summed E-state index contributed by atoms with van der Waals surface area (Å²) in [6.07, 6.45) is 1.93. The number of hydrogen-bond acceptors (Lipinski definition) is 3. The maximum Gasteiger partial charge on any atom is 0.323 e. The third-order valence-electron chi connectivity index (χ3n) is 4.81. The molecule has 1 unspecified atom stereocenters. The van der Waals surface area contributed by atoms with Gasteiger partial charge < -0.3 is 4.74 Å². The number of ether oxygens (including phenoxy) is 1. The number of methoxy groups -OCH3 is 1. The van der Waals surface area contributed by atoms with Crippen LogP contribution in [0.3, 0.4) is 0 Å². The molecule has 0 aliphatic heterocycles. The highest BCUT2D eigenvalue weighted by atomic mass is 16.5. The Labute approximate surface area is 142 Å². The second-order valence-electron chi connectivity index (χ2n) is 6.13. The molecule has 2 aromatic carbocycles. The Morgan fingerprint density at radius 3 is 2.17 bits per heavy atom. The average Bonchev–Trinajstić information content (AvgIpc) is 3.03. The third kappa shape index (κ3) is 2.56. The summed E-state index contributed by atoms with van der Waals surface area (Å²) in [5.41, 5.74) is 2.08. The van der Waals surface area contributed by atoms with Crippen LogP contribution in [0.2, 0.25) is 0 Å². The zero-order valence-corrected chi connectivity index (χ0v) is 13.7. The third-order valence-corrected chi connectivity index (χ3v) is 4.81. The van der Waals surface area contributed by atoms with Crippen molar-refractivity contribution in [3.63, 3.8) is 0 Å². The van der Waals surface area contributed by atoms with E-state index in [0.717, 1.165) is 17.5 Å². The van der Waals surface area contributed by atoms with Crippen molar-refractivity contribution in [2.24, 2.45) is 5.41 Å². The van der Waals surface area contributed by atoms with Gasteiger partial charge in [-0.3, -0.25) is 9.59 Å². The minimum Gasteiger partial charge on any atom is -0.468 e. The van der Waals surface area contributed by atoms with Crippen molar-refractivity contribution >= 4 is 11.8 Å². The number of benzene rings is 2. The molecule has 0 radical (unpaired) electrons. The molecule has 0 N–H and O–H groups in total. The van der Waals surface area contributed by atoms with Gasteiger partial charge in [-0.25, -0.2) is 0 Å². The monoisotopic (exact) mass is 320 g/mol. The number of carbonyl (C=O) groups excluding carboxylic acids is 2. The lowest BCUT2D eigenvalue weighted by Gasteiger charge is -2.26. The molecule has 2 aromatic rings. The first kappa shape index (κ1) is 16.2. The van der Waals surface area contributed by atoms with Crippen molar-refractivity contribution < 1.29 is 14.3 Å². The average molecular weight is 320 g/mol. The second kappa shape index (κ2) is 6.44. The lowest BCUT2D eigenvalue weighted by molar-refractivity contribution is -0.147. The smallest absolute Gasteiger partial charge is 0.323 e. The van der Waals surface area contributed by atoms with Crippen LogP contribution in [0.25, 0.3) is 11.1 Å². The molecule has 0 spiro atoms. The Bertz CT molecular complexity index is 774. The highest BCUT2D eigenvalue weighted by molar-refractivity contribution is 6.15. The zero-order chi connectivity index (χ0) is 17.2. The van der Waals surface area contributed by atoms with Gasteiger partial charge in [-0.1, -0.05) is 66.7 Å². The van der Waals surface area contributed by atoms with Crippen LogP contribution in [0, 0.1) is 5.41 Å². The molecule has 0 heterocycles. The topological polar surface area (TPSA) is 43.4 Å². The number of carbonyl (C=O) groups is 2. The van der Waals surface area contributed by atoms with E-state index in [1.54, 1.807) is 12.1 Å². The Balaban J connectivity index is 1.95. The molecular weight excluding hydrogens is 300 g/mol. The number of ketones is 1. The molecule has 0 saturated heterocycles. The zero-order valence-electron chi connectivity index (χ0n) is 13.7. The molecule has 1 atom stereocenters. The SMILES string of the molecule is C=C1CCCC1(C(=O)OC)C(=O)c1ccc(-c2ccccc2)cc1. The van der Waals surface area contributed by atoms with E-state index >= 15 is 0 Å². The molecule has 1 fully saturated rings. The van der Waals surface area contributed by atoms with E-state index in [9.17, 15) is 9.59 Å². The van der Waals surface area contributed by atoms with Gasteiger partial charge in [0.2, 0.25) is 0 Å². The van der Waals surface area contributed by atoms with E-state index in [4.69, 9.17) is 4.74 Å². The van der Waals surface area contributed by atoms with E-state index in [2.05, 4.69) is 6.58 Å². The van der Waals surface area contributed by atoms with Crippen molar-refractivity contribution in [1.29, 1.82) is 0 Å². The molecule has 0 amide bonds. The molecule has 3 rings (SSSR count). The maximum atomic E-state index is 13.1. The maximum absolute atomic E-state index is 13.1. The first-order valence-corrected chi connectivity index (χ1v) is 8.06. The van der Waals surface area contributed by atoms with Gasteiger partial charge in [0.15, 0.2) is 11.2 Å². The molecule has 24 heavy (non-hydrogen) atoms. The molecule has 122 valence electrons. The largest absolute Gasteiger partial charge is 0.468 e. The molecule has 1 saturated carbocycles. The minimum absolute atomic E-state index is 0.212. The fourth-order valence-electron chi connectivity index (χ4n) is 3.44. The van der Waals surface area contributed by atoms with Crippen LogP contribution in [0.1, 0.15) is 29.6 Å². The number of Topliss-reactive ketones (excluding diaryl/α,β-unsaturated/α-hetero) is 1. The van der Waals surface area contributed by atoms with Gasteiger partial charge in [-0.15, -0.1) is 0 Å². The van der Waals surface area contributed by atoms with Crippen LogP contribution < -0.4 is 0 Å². The van der Waals surface area contributed by atoms with Gasteiger partial charge in [0.25, 0.3) is 0 Å². The summed E-state index contributed by atoms with van der Waals surface area (Å²) in [6.45, 7) is 3.97. The lowest BCUT2D eigenvalue weighted by atomic mass is 9.76. The predicted molar refractivity (Wildman–Crippen MR) is 93.6 cm³/mol. The lowest BCUT2D eigenvalue weighted by Crippen LogP contribution is -2.39. The van der Waals surface area contributed by atoms with Crippen LogP contribution in [0.5, 0.6) is 0 Å². The molecule has 0 aromatic heterocycles. The summed E-state index contributed by atoms with van der Waals surface area (Å²) < 4.78 is 4.92. The minimum atomic E-state index is -1.22. The first-order chi connectivity index (χ1) is 11.6. The van der Waals surface area contributed by atoms with Gasteiger partial charge in [-0.2, -0.15) is 0 Å². The van der Waals surface area contributed by atoms with Crippen molar-refractivity contribution in [1.82, 2.24) is 0 Å². The molecule has 1 aliphatic carbocycles. The van der Waals surface area contributed by atoms with Crippen LogP contribution in [0.4, 0.5) is 0 Å². The Morgan fingerprint density at radius 2 is 1.62 bits per heavy atom. The molecule has 1 aliphatic rings. The highest BCUT2D eigenvalue weighted by Crippen LogP contribution is 2.45. The fourth-order valence-corrected chi connectivity index (χ4v) is 3.44. The number of rotatable bonds is 4.